The van der Waals surface area contributed by atoms with Crippen molar-refractivity contribution in [2.75, 3.05) is 24.6 Å². The van der Waals surface area contributed by atoms with Gasteiger partial charge in [-0.3, -0.25) is 0 Å². The number of fused-ring (bicyclic) bond motifs is 1. The maximum absolute atomic E-state index is 6.06. The van der Waals surface area contributed by atoms with Crippen LogP contribution in [0.3, 0.4) is 0 Å². The molecule has 24 heavy (non-hydrogen) atoms. The van der Waals surface area contributed by atoms with Gasteiger partial charge < -0.3 is 9.64 Å². The minimum atomic E-state index is 0.0615. The first-order valence-electron chi connectivity index (χ1n) is 8.24. The standard InChI is InChI=1S/C18H21N5O/c1-12-6-4-5-7-15(12)16-10-22(8-9-24-16)17-13(2)14(3)21-18-19-11-20-23(17)18/h4-7,11,16H,8-10H2,1-3H3. The van der Waals surface area contributed by atoms with Crippen LogP contribution in [0.25, 0.3) is 5.78 Å². The first-order chi connectivity index (χ1) is 11.6. The number of hydrogen-bond acceptors (Lipinski definition) is 5. The maximum atomic E-state index is 6.06. The van der Waals surface area contributed by atoms with Crippen molar-refractivity contribution in [3.63, 3.8) is 0 Å². The van der Waals surface area contributed by atoms with E-state index in [1.807, 2.05) is 11.4 Å². The molecule has 0 amide bonds. The predicted octanol–water partition coefficient (Wildman–Crippen LogP) is 2.63. The lowest BCUT2D eigenvalue weighted by molar-refractivity contribution is 0.0389. The van der Waals surface area contributed by atoms with Gasteiger partial charge in [0.15, 0.2) is 0 Å². The van der Waals surface area contributed by atoms with Crippen LogP contribution in [0.1, 0.15) is 28.5 Å². The lowest BCUT2D eigenvalue weighted by atomic mass is 10.0. The number of rotatable bonds is 2. The van der Waals surface area contributed by atoms with E-state index in [1.54, 1.807) is 6.33 Å². The normalized spacial score (nSPS) is 18.3. The predicted molar refractivity (Wildman–Crippen MR) is 92.3 cm³/mol. The average molecular weight is 323 g/mol. The van der Waals surface area contributed by atoms with Gasteiger partial charge >= 0.3 is 0 Å². The third-order valence-electron chi connectivity index (χ3n) is 4.78. The van der Waals surface area contributed by atoms with E-state index < -0.39 is 0 Å². The highest BCUT2D eigenvalue weighted by Gasteiger charge is 2.26. The van der Waals surface area contributed by atoms with E-state index in [1.165, 1.54) is 11.1 Å². The van der Waals surface area contributed by atoms with Crippen LogP contribution in [-0.2, 0) is 4.74 Å². The second-order valence-corrected chi connectivity index (χ2v) is 6.28. The second-order valence-electron chi connectivity index (χ2n) is 6.28. The lowest BCUT2D eigenvalue weighted by Crippen LogP contribution is -2.40. The van der Waals surface area contributed by atoms with Gasteiger partial charge in [-0.25, -0.2) is 4.98 Å². The molecule has 0 saturated carbocycles. The molecule has 6 heteroatoms. The number of hydrogen-bond donors (Lipinski definition) is 0. The van der Waals surface area contributed by atoms with Crippen LogP contribution in [0.15, 0.2) is 30.6 Å². The molecule has 1 aromatic carbocycles. The zero-order valence-corrected chi connectivity index (χ0v) is 14.2. The van der Waals surface area contributed by atoms with Crippen molar-refractivity contribution >= 4 is 11.6 Å². The first-order valence-corrected chi connectivity index (χ1v) is 8.24. The topological polar surface area (TPSA) is 55.6 Å². The minimum absolute atomic E-state index is 0.0615. The molecule has 0 radical (unpaired) electrons. The van der Waals surface area contributed by atoms with Gasteiger partial charge in [-0.1, -0.05) is 24.3 Å². The number of aromatic nitrogens is 4. The van der Waals surface area contributed by atoms with Crippen LogP contribution in [0, 0.1) is 20.8 Å². The van der Waals surface area contributed by atoms with E-state index in [0.29, 0.717) is 12.4 Å². The van der Waals surface area contributed by atoms with E-state index in [-0.39, 0.29) is 6.10 Å². The maximum Gasteiger partial charge on any atom is 0.254 e. The Morgan fingerprint density at radius 2 is 2.00 bits per heavy atom. The average Bonchev–Trinajstić information content (AvgIpc) is 3.04. The van der Waals surface area contributed by atoms with Gasteiger partial charge in [-0.15, -0.1) is 0 Å². The Morgan fingerprint density at radius 3 is 2.83 bits per heavy atom. The summed E-state index contributed by atoms with van der Waals surface area (Å²) in [5.41, 5.74) is 4.64. The Morgan fingerprint density at radius 1 is 1.17 bits per heavy atom. The lowest BCUT2D eigenvalue weighted by Gasteiger charge is -2.36. The van der Waals surface area contributed by atoms with Crippen LogP contribution in [0.2, 0.25) is 0 Å². The number of benzene rings is 1. The fourth-order valence-electron chi connectivity index (χ4n) is 3.36. The molecule has 1 aliphatic rings. The van der Waals surface area contributed by atoms with E-state index in [2.05, 4.69) is 58.1 Å². The SMILES string of the molecule is Cc1ccccc1C1CN(c2c(C)c(C)nc3ncnn23)CCO1. The molecule has 1 aliphatic heterocycles. The van der Waals surface area contributed by atoms with Crippen molar-refractivity contribution in [2.45, 2.75) is 26.9 Å². The van der Waals surface area contributed by atoms with E-state index >= 15 is 0 Å². The summed E-state index contributed by atoms with van der Waals surface area (Å²) >= 11 is 0. The van der Waals surface area contributed by atoms with Gasteiger partial charge in [0, 0.05) is 24.3 Å². The third-order valence-corrected chi connectivity index (χ3v) is 4.78. The number of nitrogens with zero attached hydrogens (tertiary/aromatic N) is 5. The molecule has 0 N–H and O–H groups in total. The van der Waals surface area contributed by atoms with Crippen molar-refractivity contribution in [3.05, 3.63) is 53.0 Å². The molecule has 3 aromatic rings. The molecule has 124 valence electrons. The van der Waals surface area contributed by atoms with Gasteiger partial charge in [-0.2, -0.15) is 14.6 Å². The summed E-state index contributed by atoms with van der Waals surface area (Å²) in [7, 11) is 0. The van der Waals surface area contributed by atoms with E-state index in [4.69, 9.17) is 4.74 Å². The zero-order valence-electron chi connectivity index (χ0n) is 14.2. The van der Waals surface area contributed by atoms with Crippen LogP contribution >= 0.6 is 0 Å². The van der Waals surface area contributed by atoms with Crippen LogP contribution < -0.4 is 4.90 Å². The number of ether oxygens (including phenoxy) is 1. The minimum Gasteiger partial charge on any atom is -0.370 e. The van der Waals surface area contributed by atoms with Gasteiger partial charge in [0.05, 0.1) is 6.61 Å². The van der Waals surface area contributed by atoms with Crippen molar-refractivity contribution in [3.8, 4) is 0 Å². The molecule has 1 unspecified atom stereocenters. The Kier molecular flexibility index (Phi) is 3.69. The van der Waals surface area contributed by atoms with Gasteiger partial charge in [0.25, 0.3) is 5.78 Å². The molecular formula is C18H21N5O. The van der Waals surface area contributed by atoms with Crippen molar-refractivity contribution in [1.82, 2.24) is 19.6 Å². The summed E-state index contributed by atoms with van der Waals surface area (Å²) in [6.45, 7) is 8.57. The smallest absolute Gasteiger partial charge is 0.254 e. The number of anilines is 1. The van der Waals surface area contributed by atoms with Crippen molar-refractivity contribution in [2.24, 2.45) is 0 Å². The van der Waals surface area contributed by atoms with Crippen molar-refractivity contribution in [1.29, 1.82) is 0 Å². The molecule has 2 aromatic heterocycles. The summed E-state index contributed by atoms with van der Waals surface area (Å²) in [5.74, 6) is 1.71. The summed E-state index contributed by atoms with van der Waals surface area (Å²) < 4.78 is 7.89. The Labute approximate surface area is 141 Å². The molecule has 0 aliphatic carbocycles. The molecule has 3 heterocycles. The van der Waals surface area contributed by atoms with Gasteiger partial charge in [-0.05, 0) is 31.9 Å². The van der Waals surface area contributed by atoms with E-state index in [9.17, 15) is 0 Å². The fourth-order valence-corrected chi connectivity index (χ4v) is 3.36. The molecule has 1 saturated heterocycles. The fraction of sp³-hybridized carbons (Fsp3) is 0.389. The quantitative estimate of drug-likeness (QED) is 0.725. The largest absolute Gasteiger partial charge is 0.370 e. The summed E-state index contributed by atoms with van der Waals surface area (Å²) in [4.78, 5) is 11.1. The summed E-state index contributed by atoms with van der Waals surface area (Å²) in [6, 6.07) is 8.42. The molecule has 6 nitrogen and oxygen atoms in total. The molecule has 0 bridgehead atoms. The van der Waals surface area contributed by atoms with E-state index in [0.717, 1.165) is 30.2 Å². The Hall–Kier alpha value is -2.47. The van der Waals surface area contributed by atoms with Crippen molar-refractivity contribution < 1.29 is 4.74 Å². The second kappa shape index (κ2) is 5.87. The molecule has 0 spiro atoms. The molecule has 1 atom stereocenters. The number of morpholine rings is 1. The number of aryl methyl sites for hydroxylation is 2. The molecule has 4 rings (SSSR count). The Balaban J connectivity index is 1.74. The van der Waals surface area contributed by atoms with Crippen LogP contribution in [-0.4, -0.2) is 39.3 Å². The van der Waals surface area contributed by atoms with Gasteiger partial charge in [0.1, 0.15) is 18.2 Å². The highest BCUT2D eigenvalue weighted by Crippen LogP contribution is 2.30. The van der Waals surface area contributed by atoms with Gasteiger partial charge in [0.2, 0.25) is 0 Å². The summed E-state index contributed by atoms with van der Waals surface area (Å²) in [6.07, 6.45) is 1.62. The Bertz CT molecular complexity index is 888. The monoisotopic (exact) mass is 323 g/mol. The third kappa shape index (κ3) is 2.43. The summed E-state index contributed by atoms with van der Waals surface area (Å²) in [5, 5.41) is 4.37. The highest BCUT2D eigenvalue weighted by atomic mass is 16.5. The molecular weight excluding hydrogens is 302 g/mol. The van der Waals surface area contributed by atoms with Crippen LogP contribution in [0.5, 0.6) is 0 Å². The van der Waals surface area contributed by atoms with Crippen LogP contribution in [0.4, 0.5) is 5.82 Å². The molecule has 1 fully saturated rings. The first kappa shape index (κ1) is 15.1. The zero-order chi connectivity index (χ0) is 16.7. The highest BCUT2D eigenvalue weighted by molar-refractivity contribution is 5.54.